The Kier molecular flexibility index (Phi) is 3.48. The fourth-order valence-corrected chi connectivity index (χ4v) is 2.30. The summed E-state index contributed by atoms with van der Waals surface area (Å²) >= 11 is 0. The van der Waals surface area contributed by atoms with Gasteiger partial charge in [0.1, 0.15) is 0 Å². The van der Waals surface area contributed by atoms with E-state index < -0.39 is 17.3 Å². The highest BCUT2D eigenvalue weighted by Gasteiger charge is 2.42. The summed E-state index contributed by atoms with van der Waals surface area (Å²) in [6.45, 7) is 2.19. The molecule has 3 N–H and O–H groups in total. The van der Waals surface area contributed by atoms with Gasteiger partial charge in [0.2, 0.25) is 5.91 Å². The fourth-order valence-electron chi connectivity index (χ4n) is 2.30. The van der Waals surface area contributed by atoms with Crippen molar-refractivity contribution in [1.29, 1.82) is 0 Å². The van der Waals surface area contributed by atoms with Gasteiger partial charge in [0.25, 0.3) is 5.91 Å². The Morgan fingerprint density at radius 3 is 2.50 bits per heavy atom. The van der Waals surface area contributed by atoms with Gasteiger partial charge in [0.15, 0.2) is 0 Å². The van der Waals surface area contributed by atoms with Crippen LogP contribution in [0.15, 0.2) is 24.3 Å². The zero-order chi connectivity index (χ0) is 14.9. The van der Waals surface area contributed by atoms with Crippen LogP contribution in [0.2, 0.25) is 0 Å². The molecule has 0 aromatic heterocycles. The number of amides is 2. The van der Waals surface area contributed by atoms with E-state index in [1.54, 1.807) is 19.1 Å². The van der Waals surface area contributed by atoms with Gasteiger partial charge in [0, 0.05) is 24.2 Å². The van der Waals surface area contributed by atoms with Crippen molar-refractivity contribution in [3.8, 4) is 0 Å². The molecule has 0 spiro atoms. The number of benzene rings is 1. The van der Waals surface area contributed by atoms with E-state index in [0.29, 0.717) is 18.5 Å². The zero-order valence-corrected chi connectivity index (χ0v) is 11.1. The number of nitrogens with two attached hydrogens (primary N) is 1. The van der Waals surface area contributed by atoms with E-state index in [2.05, 4.69) is 0 Å². The maximum absolute atomic E-state index is 12.3. The predicted molar refractivity (Wildman–Crippen MR) is 71.2 cm³/mol. The van der Waals surface area contributed by atoms with Gasteiger partial charge < -0.3 is 15.7 Å². The van der Waals surface area contributed by atoms with Crippen LogP contribution >= 0.6 is 0 Å². The van der Waals surface area contributed by atoms with Gasteiger partial charge >= 0.3 is 5.97 Å². The smallest absolute Gasteiger partial charge is 0.311 e. The van der Waals surface area contributed by atoms with Crippen molar-refractivity contribution in [3.05, 3.63) is 35.4 Å². The molecule has 1 aliphatic rings. The van der Waals surface area contributed by atoms with Crippen molar-refractivity contribution >= 4 is 17.8 Å². The lowest BCUT2D eigenvalue weighted by molar-refractivity contribution is -0.147. The van der Waals surface area contributed by atoms with Crippen LogP contribution in [0, 0.1) is 5.41 Å². The zero-order valence-electron chi connectivity index (χ0n) is 11.1. The van der Waals surface area contributed by atoms with Crippen molar-refractivity contribution < 1.29 is 19.5 Å². The SMILES string of the molecule is CC1(C(=O)O)CCN(C(=O)c2cccc(C(N)=O)c2)C1. The van der Waals surface area contributed by atoms with Crippen LogP contribution in [0.25, 0.3) is 0 Å². The van der Waals surface area contributed by atoms with Crippen molar-refractivity contribution in [2.75, 3.05) is 13.1 Å². The van der Waals surface area contributed by atoms with Crippen LogP contribution in [-0.2, 0) is 4.79 Å². The molecule has 0 bridgehead atoms. The highest BCUT2D eigenvalue weighted by Crippen LogP contribution is 2.31. The minimum atomic E-state index is -0.906. The second kappa shape index (κ2) is 4.96. The summed E-state index contributed by atoms with van der Waals surface area (Å²) in [5, 5.41) is 9.16. The van der Waals surface area contributed by atoms with Crippen LogP contribution in [0.3, 0.4) is 0 Å². The minimum Gasteiger partial charge on any atom is -0.481 e. The summed E-state index contributed by atoms with van der Waals surface area (Å²) in [4.78, 5) is 36.1. The number of carboxylic acid groups (broad SMARTS) is 1. The lowest BCUT2D eigenvalue weighted by atomic mass is 9.90. The molecule has 1 aliphatic heterocycles. The topological polar surface area (TPSA) is 101 Å². The van der Waals surface area contributed by atoms with Gasteiger partial charge in [-0.2, -0.15) is 0 Å². The van der Waals surface area contributed by atoms with Crippen LogP contribution < -0.4 is 5.73 Å². The Morgan fingerprint density at radius 1 is 1.30 bits per heavy atom. The highest BCUT2D eigenvalue weighted by atomic mass is 16.4. The molecule has 2 rings (SSSR count). The quantitative estimate of drug-likeness (QED) is 0.849. The summed E-state index contributed by atoms with van der Waals surface area (Å²) in [6, 6.07) is 6.14. The Morgan fingerprint density at radius 2 is 1.95 bits per heavy atom. The first-order chi connectivity index (χ1) is 9.33. The van der Waals surface area contributed by atoms with Gasteiger partial charge in [-0.1, -0.05) is 6.07 Å². The molecule has 0 aliphatic carbocycles. The normalized spacial score (nSPS) is 21.8. The molecule has 6 nitrogen and oxygen atoms in total. The molecule has 20 heavy (non-hydrogen) atoms. The number of carbonyl (C=O) groups is 3. The number of primary amides is 1. The van der Waals surface area contributed by atoms with Crippen molar-refractivity contribution in [1.82, 2.24) is 4.90 Å². The Labute approximate surface area is 116 Å². The number of rotatable bonds is 3. The average Bonchev–Trinajstić information content (AvgIpc) is 2.82. The molecule has 0 saturated carbocycles. The fraction of sp³-hybridized carbons (Fsp3) is 0.357. The largest absolute Gasteiger partial charge is 0.481 e. The molecular formula is C14H16N2O4. The monoisotopic (exact) mass is 276 g/mol. The summed E-state index contributed by atoms with van der Waals surface area (Å²) in [5.74, 6) is -1.78. The van der Waals surface area contributed by atoms with E-state index >= 15 is 0 Å². The van der Waals surface area contributed by atoms with E-state index in [0.717, 1.165) is 0 Å². The van der Waals surface area contributed by atoms with Crippen LogP contribution in [-0.4, -0.2) is 40.9 Å². The lowest BCUT2D eigenvalue weighted by Crippen LogP contribution is -2.35. The standard InChI is InChI=1S/C14H16N2O4/c1-14(13(19)20)5-6-16(8-14)12(18)10-4-2-3-9(7-10)11(15)17/h2-4,7H,5-6,8H2,1H3,(H2,15,17)(H,19,20). The molecule has 1 aromatic rings. The average molecular weight is 276 g/mol. The molecule has 1 saturated heterocycles. The molecule has 0 radical (unpaired) electrons. The van der Waals surface area contributed by atoms with Crippen LogP contribution in [0.4, 0.5) is 0 Å². The number of hydrogen-bond donors (Lipinski definition) is 2. The molecule has 1 atom stereocenters. The Hall–Kier alpha value is -2.37. The van der Waals surface area contributed by atoms with Gasteiger partial charge in [0.05, 0.1) is 5.41 Å². The minimum absolute atomic E-state index is 0.169. The molecule has 1 fully saturated rings. The van der Waals surface area contributed by atoms with E-state index in [9.17, 15) is 14.4 Å². The second-order valence-electron chi connectivity index (χ2n) is 5.29. The highest BCUT2D eigenvalue weighted by molar-refractivity contribution is 5.99. The predicted octanol–water partition coefficient (Wildman–Crippen LogP) is 0.722. The summed E-state index contributed by atoms with van der Waals surface area (Å²) in [5.41, 5.74) is 4.88. The second-order valence-corrected chi connectivity index (χ2v) is 5.29. The van der Waals surface area contributed by atoms with E-state index in [1.165, 1.54) is 17.0 Å². The molecule has 106 valence electrons. The molecule has 1 heterocycles. The number of aliphatic carboxylic acids is 1. The van der Waals surface area contributed by atoms with Gasteiger partial charge in [-0.05, 0) is 31.5 Å². The van der Waals surface area contributed by atoms with Crippen molar-refractivity contribution in [3.63, 3.8) is 0 Å². The van der Waals surface area contributed by atoms with Crippen LogP contribution in [0.5, 0.6) is 0 Å². The maximum Gasteiger partial charge on any atom is 0.311 e. The number of nitrogens with zero attached hydrogens (tertiary/aromatic N) is 1. The van der Waals surface area contributed by atoms with Gasteiger partial charge in [-0.3, -0.25) is 14.4 Å². The molecule has 1 unspecified atom stereocenters. The summed E-state index contributed by atoms with van der Waals surface area (Å²) in [7, 11) is 0. The van der Waals surface area contributed by atoms with Crippen molar-refractivity contribution in [2.24, 2.45) is 11.1 Å². The third-order valence-corrected chi connectivity index (χ3v) is 3.67. The van der Waals surface area contributed by atoms with Gasteiger partial charge in [-0.15, -0.1) is 0 Å². The van der Waals surface area contributed by atoms with E-state index in [1.807, 2.05) is 0 Å². The number of carbonyl (C=O) groups excluding carboxylic acids is 2. The number of hydrogen-bond acceptors (Lipinski definition) is 3. The molecular weight excluding hydrogens is 260 g/mol. The lowest BCUT2D eigenvalue weighted by Gasteiger charge is -2.20. The third kappa shape index (κ3) is 2.49. The van der Waals surface area contributed by atoms with Crippen LogP contribution in [0.1, 0.15) is 34.1 Å². The first kappa shape index (κ1) is 14.0. The molecule has 6 heteroatoms. The Balaban J connectivity index is 2.19. The number of carboxylic acids is 1. The van der Waals surface area contributed by atoms with Gasteiger partial charge in [-0.25, -0.2) is 0 Å². The first-order valence-electron chi connectivity index (χ1n) is 6.26. The molecule has 1 aromatic carbocycles. The summed E-state index contributed by atoms with van der Waals surface area (Å²) in [6.07, 6.45) is 0.420. The third-order valence-electron chi connectivity index (χ3n) is 3.67. The number of likely N-dealkylation sites (tertiary alicyclic amines) is 1. The summed E-state index contributed by atoms with van der Waals surface area (Å²) < 4.78 is 0. The first-order valence-corrected chi connectivity index (χ1v) is 6.26. The van der Waals surface area contributed by atoms with E-state index in [-0.39, 0.29) is 18.0 Å². The Bertz CT molecular complexity index is 584. The molecule has 2 amide bonds. The van der Waals surface area contributed by atoms with Crippen molar-refractivity contribution in [2.45, 2.75) is 13.3 Å². The van der Waals surface area contributed by atoms with E-state index in [4.69, 9.17) is 10.8 Å². The maximum atomic E-state index is 12.3.